The van der Waals surface area contributed by atoms with Crippen molar-refractivity contribution in [1.82, 2.24) is 10.2 Å². The van der Waals surface area contributed by atoms with E-state index < -0.39 is 0 Å². The molecule has 3 heteroatoms. The average Bonchev–Trinajstić information content (AvgIpc) is 2.51. The molecule has 1 fully saturated rings. The SMILES string of the molecule is Cc1cccc(C(=O)NCCCCCN2CCCCC2)c1. The Bertz CT molecular complexity index is 439. The Labute approximate surface area is 128 Å². The molecule has 3 nitrogen and oxygen atoms in total. The fourth-order valence-corrected chi connectivity index (χ4v) is 2.91. The molecule has 0 atom stereocenters. The zero-order valence-electron chi connectivity index (χ0n) is 13.2. The van der Waals surface area contributed by atoms with Gasteiger partial charge in [-0.2, -0.15) is 0 Å². The van der Waals surface area contributed by atoms with Crippen LogP contribution < -0.4 is 5.32 Å². The molecule has 0 unspecified atom stereocenters. The van der Waals surface area contributed by atoms with Crippen LogP contribution in [0, 0.1) is 6.92 Å². The maximum absolute atomic E-state index is 12.0. The number of nitrogens with zero attached hydrogens (tertiary/aromatic N) is 1. The minimum absolute atomic E-state index is 0.0507. The normalized spacial score (nSPS) is 15.9. The second-order valence-electron chi connectivity index (χ2n) is 6.09. The van der Waals surface area contributed by atoms with Crippen molar-refractivity contribution in [1.29, 1.82) is 0 Å². The van der Waals surface area contributed by atoms with Crippen LogP contribution >= 0.6 is 0 Å². The minimum atomic E-state index is 0.0507. The Morgan fingerprint density at radius 3 is 2.71 bits per heavy atom. The summed E-state index contributed by atoms with van der Waals surface area (Å²) < 4.78 is 0. The van der Waals surface area contributed by atoms with E-state index >= 15 is 0 Å². The van der Waals surface area contributed by atoms with Gasteiger partial charge in [0.1, 0.15) is 0 Å². The molecule has 1 aromatic rings. The molecule has 0 aromatic heterocycles. The van der Waals surface area contributed by atoms with E-state index in [9.17, 15) is 4.79 Å². The lowest BCUT2D eigenvalue weighted by Crippen LogP contribution is -2.30. The maximum atomic E-state index is 12.0. The van der Waals surface area contributed by atoms with E-state index in [1.54, 1.807) is 0 Å². The zero-order valence-corrected chi connectivity index (χ0v) is 13.2. The number of amides is 1. The monoisotopic (exact) mass is 288 g/mol. The summed E-state index contributed by atoms with van der Waals surface area (Å²) in [5.74, 6) is 0.0507. The third kappa shape index (κ3) is 5.88. The fraction of sp³-hybridized carbons (Fsp3) is 0.611. The topological polar surface area (TPSA) is 32.3 Å². The van der Waals surface area contributed by atoms with Crippen LogP contribution in [0.4, 0.5) is 0 Å². The highest BCUT2D eigenvalue weighted by molar-refractivity contribution is 5.94. The summed E-state index contributed by atoms with van der Waals surface area (Å²) in [5.41, 5.74) is 1.90. The highest BCUT2D eigenvalue weighted by Gasteiger charge is 2.09. The fourth-order valence-electron chi connectivity index (χ4n) is 2.91. The molecule has 0 bridgehead atoms. The second-order valence-corrected chi connectivity index (χ2v) is 6.09. The molecule has 1 amide bonds. The largest absolute Gasteiger partial charge is 0.352 e. The number of unbranched alkanes of at least 4 members (excludes halogenated alkanes) is 2. The summed E-state index contributed by atoms with van der Waals surface area (Å²) in [6, 6.07) is 7.75. The van der Waals surface area contributed by atoms with Crippen LogP contribution in [0.15, 0.2) is 24.3 Å². The van der Waals surface area contributed by atoms with Crippen molar-refractivity contribution < 1.29 is 4.79 Å². The molecule has 1 heterocycles. The van der Waals surface area contributed by atoms with E-state index in [-0.39, 0.29) is 5.91 Å². The predicted octanol–water partition coefficient (Wildman–Crippen LogP) is 3.38. The highest BCUT2D eigenvalue weighted by atomic mass is 16.1. The van der Waals surface area contributed by atoms with Crippen molar-refractivity contribution in [3.05, 3.63) is 35.4 Å². The molecule has 1 aliphatic heterocycles. The van der Waals surface area contributed by atoms with Gasteiger partial charge in [-0.15, -0.1) is 0 Å². The molecule has 2 rings (SSSR count). The van der Waals surface area contributed by atoms with E-state index in [0.29, 0.717) is 0 Å². The highest BCUT2D eigenvalue weighted by Crippen LogP contribution is 2.10. The number of carbonyl (C=O) groups excluding carboxylic acids is 1. The number of aryl methyl sites for hydroxylation is 1. The third-order valence-electron chi connectivity index (χ3n) is 4.17. The second kappa shape index (κ2) is 8.83. The van der Waals surface area contributed by atoms with E-state index in [4.69, 9.17) is 0 Å². The van der Waals surface area contributed by atoms with Gasteiger partial charge in [0, 0.05) is 12.1 Å². The summed E-state index contributed by atoms with van der Waals surface area (Å²) in [4.78, 5) is 14.5. The van der Waals surface area contributed by atoms with Crippen molar-refractivity contribution in [2.45, 2.75) is 45.4 Å². The average molecular weight is 288 g/mol. The van der Waals surface area contributed by atoms with Gasteiger partial charge in [0.25, 0.3) is 5.91 Å². The number of likely N-dealkylation sites (tertiary alicyclic amines) is 1. The summed E-state index contributed by atoms with van der Waals surface area (Å²) in [6.07, 6.45) is 7.66. The van der Waals surface area contributed by atoms with Gasteiger partial charge in [0.15, 0.2) is 0 Å². The van der Waals surface area contributed by atoms with Crippen LogP contribution in [0.3, 0.4) is 0 Å². The summed E-state index contributed by atoms with van der Waals surface area (Å²) in [6.45, 7) is 6.59. The van der Waals surface area contributed by atoms with Crippen molar-refractivity contribution in [3.8, 4) is 0 Å². The van der Waals surface area contributed by atoms with Crippen LogP contribution in [0.1, 0.15) is 54.4 Å². The standard InChI is InChI=1S/C18H28N2O/c1-16-9-8-10-17(15-16)18(21)19-11-4-2-5-12-20-13-6-3-7-14-20/h8-10,15H,2-7,11-14H2,1H3,(H,19,21). The van der Waals surface area contributed by atoms with Gasteiger partial charge in [-0.3, -0.25) is 4.79 Å². The number of piperidine rings is 1. The number of carbonyl (C=O) groups is 1. The molecule has 21 heavy (non-hydrogen) atoms. The maximum Gasteiger partial charge on any atom is 0.251 e. The van der Waals surface area contributed by atoms with E-state index in [0.717, 1.165) is 24.1 Å². The lowest BCUT2D eigenvalue weighted by Gasteiger charge is -2.26. The molecule has 1 saturated heterocycles. The van der Waals surface area contributed by atoms with Crippen LogP contribution in [0.2, 0.25) is 0 Å². The summed E-state index contributed by atoms with van der Waals surface area (Å²) in [7, 11) is 0. The molecule has 1 aliphatic rings. The molecule has 116 valence electrons. The van der Waals surface area contributed by atoms with Crippen LogP contribution in [0.25, 0.3) is 0 Å². The van der Waals surface area contributed by atoms with Gasteiger partial charge >= 0.3 is 0 Å². The van der Waals surface area contributed by atoms with Crippen molar-refractivity contribution in [2.24, 2.45) is 0 Å². The number of benzene rings is 1. The first kappa shape index (κ1) is 16.0. The predicted molar refractivity (Wildman–Crippen MR) is 87.7 cm³/mol. The van der Waals surface area contributed by atoms with Gasteiger partial charge in [-0.1, -0.05) is 30.5 Å². The van der Waals surface area contributed by atoms with E-state index in [1.165, 1.54) is 51.7 Å². The van der Waals surface area contributed by atoms with E-state index in [2.05, 4.69) is 10.2 Å². The summed E-state index contributed by atoms with van der Waals surface area (Å²) >= 11 is 0. The molecule has 0 saturated carbocycles. The molecule has 0 aliphatic carbocycles. The zero-order chi connectivity index (χ0) is 14.9. The van der Waals surface area contributed by atoms with Crippen LogP contribution in [0.5, 0.6) is 0 Å². The lowest BCUT2D eigenvalue weighted by molar-refractivity contribution is 0.0952. The first-order valence-corrected chi connectivity index (χ1v) is 8.33. The van der Waals surface area contributed by atoms with Gasteiger partial charge in [-0.25, -0.2) is 0 Å². The summed E-state index contributed by atoms with van der Waals surface area (Å²) in [5, 5.41) is 3.01. The molecule has 1 aromatic carbocycles. The van der Waals surface area contributed by atoms with Crippen molar-refractivity contribution >= 4 is 5.91 Å². The molecular weight excluding hydrogens is 260 g/mol. The van der Waals surface area contributed by atoms with Crippen LogP contribution in [-0.4, -0.2) is 37.0 Å². The molecular formula is C18H28N2O. The van der Waals surface area contributed by atoms with E-state index in [1.807, 2.05) is 31.2 Å². The van der Waals surface area contributed by atoms with Crippen molar-refractivity contribution in [3.63, 3.8) is 0 Å². The Hall–Kier alpha value is -1.35. The number of nitrogens with one attached hydrogen (secondary N) is 1. The minimum Gasteiger partial charge on any atom is -0.352 e. The van der Waals surface area contributed by atoms with Crippen molar-refractivity contribution in [2.75, 3.05) is 26.2 Å². The van der Waals surface area contributed by atoms with Crippen LogP contribution in [-0.2, 0) is 0 Å². The first-order valence-electron chi connectivity index (χ1n) is 8.33. The van der Waals surface area contributed by atoms with Gasteiger partial charge in [0.2, 0.25) is 0 Å². The Kier molecular flexibility index (Phi) is 6.74. The molecule has 0 radical (unpaired) electrons. The quantitative estimate of drug-likeness (QED) is 0.780. The third-order valence-corrected chi connectivity index (χ3v) is 4.17. The Balaban J connectivity index is 1.54. The Morgan fingerprint density at radius 1 is 1.14 bits per heavy atom. The van der Waals surface area contributed by atoms with Gasteiger partial charge < -0.3 is 10.2 Å². The number of hydrogen-bond donors (Lipinski definition) is 1. The Morgan fingerprint density at radius 2 is 1.95 bits per heavy atom. The smallest absolute Gasteiger partial charge is 0.251 e. The van der Waals surface area contributed by atoms with Gasteiger partial charge in [-0.05, 0) is 64.4 Å². The molecule has 0 spiro atoms. The number of hydrogen-bond acceptors (Lipinski definition) is 2. The molecule has 1 N–H and O–H groups in total. The number of rotatable bonds is 7. The lowest BCUT2D eigenvalue weighted by atomic mass is 10.1. The first-order chi connectivity index (χ1) is 10.3. The van der Waals surface area contributed by atoms with Gasteiger partial charge in [0.05, 0.1) is 0 Å².